The van der Waals surface area contributed by atoms with Gasteiger partial charge in [0, 0.05) is 44.4 Å². The van der Waals surface area contributed by atoms with Crippen molar-refractivity contribution in [2.24, 2.45) is 0 Å². The molecule has 1 aliphatic heterocycles. The molecule has 0 saturated carbocycles. The first-order chi connectivity index (χ1) is 13.7. The number of aryl methyl sites for hydroxylation is 1. The molecule has 0 bridgehead atoms. The normalized spacial score (nSPS) is 14.9. The summed E-state index contributed by atoms with van der Waals surface area (Å²) in [6, 6.07) is 14.2. The first kappa shape index (κ1) is 18.3. The summed E-state index contributed by atoms with van der Waals surface area (Å²) in [6.07, 6.45) is 2.43. The minimum absolute atomic E-state index is 0.289. The maximum absolute atomic E-state index is 6.05. The second kappa shape index (κ2) is 8.31. The van der Waals surface area contributed by atoms with Crippen molar-refractivity contribution in [2.75, 3.05) is 38.1 Å². The zero-order chi connectivity index (χ0) is 19.3. The van der Waals surface area contributed by atoms with Gasteiger partial charge in [-0.05, 0) is 24.7 Å². The molecule has 4 rings (SSSR count). The van der Waals surface area contributed by atoms with Gasteiger partial charge in [0.2, 0.25) is 11.8 Å². The molecule has 0 spiro atoms. The molecule has 1 fully saturated rings. The Kier molecular flexibility index (Phi) is 5.43. The van der Waals surface area contributed by atoms with Crippen molar-refractivity contribution in [3.8, 4) is 23.0 Å². The molecule has 0 amide bonds. The fourth-order valence-electron chi connectivity index (χ4n) is 3.13. The zero-order valence-corrected chi connectivity index (χ0v) is 16.2. The smallest absolute Gasteiger partial charge is 0.328 e. The highest BCUT2D eigenvalue weighted by Gasteiger charge is 2.19. The minimum Gasteiger partial charge on any atom is -0.404 e. The minimum atomic E-state index is 0.289. The van der Waals surface area contributed by atoms with E-state index in [2.05, 4.69) is 36.8 Å². The predicted octanol–water partition coefficient (Wildman–Crippen LogP) is 3.04. The molecule has 3 heterocycles. The molecule has 1 aromatic carbocycles. The van der Waals surface area contributed by atoms with E-state index in [1.54, 1.807) is 6.20 Å². The predicted molar refractivity (Wildman–Crippen MR) is 109 cm³/mol. The zero-order valence-electron chi connectivity index (χ0n) is 16.2. The Morgan fingerprint density at radius 2 is 1.71 bits per heavy atom. The fourth-order valence-corrected chi connectivity index (χ4v) is 3.13. The number of likely N-dealkylation sites (N-methyl/N-ethyl adjacent to an activating group) is 1. The van der Waals surface area contributed by atoms with Gasteiger partial charge in [-0.2, -0.15) is 15.0 Å². The SMILES string of the molecule is CCc1nc(Oc2ncccc2-c2ccccc2)nc(N2CCN(C)CC2)n1. The molecular weight excluding hydrogens is 352 g/mol. The monoisotopic (exact) mass is 376 g/mol. The molecule has 144 valence electrons. The number of nitrogens with zero attached hydrogens (tertiary/aromatic N) is 6. The Bertz CT molecular complexity index is 925. The average Bonchev–Trinajstić information content (AvgIpc) is 2.75. The van der Waals surface area contributed by atoms with Gasteiger partial charge >= 0.3 is 6.01 Å². The van der Waals surface area contributed by atoms with Crippen LogP contribution in [0.5, 0.6) is 11.9 Å². The molecule has 1 saturated heterocycles. The number of piperazine rings is 1. The Morgan fingerprint density at radius 3 is 2.46 bits per heavy atom. The van der Waals surface area contributed by atoms with Crippen LogP contribution >= 0.6 is 0 Å². The van der Waals surface area contributed by atoms with E-state index in [1.807, 2.05) is 49.4 Å². The lowest BCUT2D eigenvalue weighted by molar-refractivity contribution is 0.310. The standard InChI is InChI=1S/C21H24N6O/c1-3-18-23-20(27-14-12-26(2)13-15-27)25-21(24-18)28-19-17(10-7-11-22-19)16-8-5-4-6-9-16/h4-11H,3,12-15H2,1-2H3. The topological polar surface area (TPSA) is 67.3 Å². The third-order valence-electron chi connectivity index (χ3n) is 4.80. The van der Waals surface area contributed by atoms with Crippen molar-refractivity contribution in [3.63, 3.8) is 0 Å². The van der Waals surface area contributed by atoms with Crippen molar-refractivity contribution in [1.82, 2.24) is 24.8 Å². The number of benzene rings is 1. The number of rotatable bonds is 5. The Morgan fingerprint density at radius 1 is 0.929 bits per heavy atom. The van der Waals surface area contributed by atoms with Crippen LogP contribution in [-0.4, -0.2) is 58.1 Å². The van der Waals surface area contributed by atoms with Crippen LogP contribution in [0.4, 0.5) is 5.95 Å². The molecule has 0 unspecified atom stereocenters. The number of hydrogen-bond acceptors (Lipinski definition) is 7. The lowest BCUT2D eigenvalue weighted by Gasteiger charge is -2.32. The maximum atomic E-state index is 6.05. The first-order valence-electron chi connectivity index (χ1n) is 9.59. The van der Waals surface area contributed by atoms with Gasteiger partial charge < -0.3 is 14.5 Å². The number of hydrogen-bond donors (Lipinski definition) is 0. The van der Waals surface area contributed by atoms with Crippen LogP contribution in [-0.2, 0) is 6.42 Å². The van der Waals surface area contributed by atoms with Crippen LogP contribution in [0.2, 0.25) is 0 Å². The summed E-state index contributed by atoms with van der Waals surface area (Å²) in [4.78, 5) is 22.6. The largest absolute Gasteiger partial charge is 0.404 e. The second-order valence-electron chi connectivity index (χ2n) is 6.80. The van der Waals surface area contributed by atoms with Crippen LogP contribution in [0, 0.1) is 0 Å². The number of aromatic nitrogens is 4. The maximum Gasteiger partial charge on any atom is 0.328 e. The number of anilines is 1. The summed E-state index contributed by atoms with van der Waals surface area (Å²) in [5, 5.41) is 0. The van der Waals surface area contributed by atoms with Gasteiger partial charge in [-0.15, -0.1) is 0 Å². The molecule has 28 heavy (non-hydrogen) atoms. The van der Waals surface area contributed by atoms with E-state index in [0.29, 0.717) is 18.2 Å². The van der Waals surface area contributed by atoms with E-state index in [9.17, 15) is 0 Å². The van der Waals surface area contributed by atoms with Crippen molar-refractivity contribution in [1.29, 1.82) is 0 Å². The van der Waals surface area contributed by atoms with Gasteiger partial charge in [0.1, 0.15) is 5.82 Å². The van der Waals surface area contributed by atoms with Crippen LogP contribution in [0.25, 0.3) is 11.1 Å². The van der Waals surface area contributed by atoms with E-state index in [4.69, 9.17) is 4.74 Å². The van der Waals surface area contributed by atoms with Crippen LogP contribution in [0.1, 0.15) is 12.7 Å². The van der Waals surface area contributed by atoms with Crippen molar-refractivity contribution in [3.05, 3.63) is 54.5 Å². The molecule has 7 nitrogen and oxygen atoms in total. The second-order valence-corrected chi connectivity index (χ2v) is 6.80. The van der Waals surface area contributed by atoms with Gasteiger partial charge in [0.05, 0.1) is 0 Å². The van der Waals surface area contributed by atoms with Gasteiger partial charge in [0.25, 0.3) is 0 Å². The van der Waals surface area contributed by atoms with Crippen LogP contribution < -0.4 is 9.64 Å². The summed E-state index contributed by atoms with van der Waals surface area (Å²) >= 11 is 0. The third kappa shape index (κ3) is 4.09. The average molecular weight is 376 g/mol. The summed E-state index contributed by atoms with van der Waals surface area (Å²) in [5.74, 6) is 1.88. The first-order valence-corrected chi connectivity index (χ1v) is 9.59. The van der Waals surface area contributed by atoms with Crippen molar-refractivity contribution >= 4 is 5.95 Å². The molecular formula is C21H24N6O. The van der Waals surface area contributed by atoms with E-state index in [1.165, 1.54) is 0 Å². The van der Waals surface area contributed by atoms with E-state index >= 15 is 0 Å². The summed E-state index contributed by atoms with van der Waals surface area (Å²) in [6.45, 7) is 5.79. The Hall–Kier alpha value is -3.06. The highest BCUT2D eigenvalue weighted by Crippen LogP contribution is 2.30. The van der Waals surface area contributed by atoms with Gasteiger partial charge in [0.15, 0.2) is 0 Å². The highest BCUT2D eigenvalue weighted by molar-refractivity contribution is 5.68. The highest BCUT2D eigenvalue weighted by atomic mass is 16.5. The van der Waals surface area contributed by atoms with Gasteiger partial charge in [-0.1, -0.05) is 37.3 Å². The van der Waals surface area contributed by atoms with Crippen molar-refractivity contribution < 1.29 is 4.74 Å². The molecule has 0 aliphatic carbocycles. The lowest BCUT2D eigenvalue weighted by Crippen LogP contribution is -2.45. The number of pyridine rings is 1. The lowest BCUT2D eigenvalue weighted by atomic mass is 10.1. The van der Waals surface area contributed by atoms with Gasteiger partial charge in [-0.3, -0.25) is 0 Å². The molecule has 0 atom stereocenters. The Labute approximate surface area is 165 Å². The summed E-state index contributed by atoms with van der Waals surface area (Å²) in [5.41, 5.74) is 1.94. The van der Waals surface area contributed by atoms with E-state index in [0.717, 1.165) is 43.1 Å². The van der Waals surface area contributed by atoms with Gasteiger partial charge in [-0.25, -0.2) is 4.98 Å². The molecule has 1 aliphatic rings. The van der Waals surface area contributed by atoms with Crippen LogP contribution in [0.3, 0.4) is 0 Å². The quantitative estimate of drug-likeness (QED) is 0.678. The van der Waals surface area contributed by atoms with Crippen molar-refractivity contribution in [2.45, 2.75) is 13.3 Å². The number of ether oxygens (including phenoxy) is 1. The summed E-state index contributed by atoms with van der Waals surface area (Å²) < 4.78 is 6.05. The fraction of sp³-hybridized carbons (Fsp3) is 0.333. The molecule has 2 aromatic heterocycles. The summed E-state index contributed by atoms with van der Waals surface area (Å²) in [7, 11) is 2.13. The molecule has 7 heteroatoms. The van der Waals surface area contributed by atoms with E-state index < -0.39 is 0 Å². The molecule has 0 radical (unpaired) electrons. The van der Waals surface area contributed by atoms with E-state index in [-0.39, 0.29) is 6.01 Å². The molecule has 3 aromatic rings. The Balaban J connectivity index is 1.65. The van der Waals surface area contributed by atoms with Crippen LogP contribution in [0.15, 0.2) is 48.7 Å². The molecule has 0 N–H and O–H groups in total. The third-order valence-corrected chi connectivity index (χ3v) is 4.80.